The summed E-state index contributed by atoms with van der Waals surface area (Å²) in [5, 5.41) is 8.50. The Bertz CT molecular complexity index is 45.7. The lowest BCUT2D eigenvalue weighted by Crippen LogP contribution is -2.15. The maximum absolute atomic E-state index is 8.50. The molecular weight excluding hydrogens is 124 g/mol. The summed E-state index contributed by atoms with van der Waals surface area (Å²) < 4.78 is 4.84. The van der Waals surface area contributed by atoms with E-state index in [1.807, 2.05) is 0 Å². The van der Waals surface area contributed by atoms with E-state index in [1.54, 1.807) is 7.11 Å². The van der Waals surface area contributed by atoms with Crippen molar-refractivity contribution in [1.29, 1.82) is 0 Å². The molecule has 0 rings (SSSR count). The zero-order chi connectivity index (χ0) is 6.41. The number of rotatable bonds is 4. The zero-order valence-electron chi connectivity index (χ0n) is 5.00. The molecule has 0 aromatic carbocycles. The van der Waals surface area contributed by atoms with E-state index in [0.29, 0.717) is 0 Å². The molecular formula is C5H12O2S. The molecule has 1 unspecified atom stereocenters. The molecule has 8 heavy (non-hydrogen) atoms. The molecule has 0 aromatic rings. The fourth-order valence-electron chi connectivity index (χ4n) is 0.428. The summed E-state index contributed by atoms with van der Waals surface area (Å²) in [5.41, 5.74) is 0. The monoisotopic (exact) mass is 136 g/mol. The molecule has 1 atom stereocenters. The second-order valence-corrected chi connectivity index (χ2v) is 2.00. The van der Waals surface area contributed by atoms with Crippen LogP contribution in [0.2, 0.25) is 0 Å². The quantitative estimate of drug-likeness (QED) is 0.545. The van der Waals surface area contributed by atoms with Gasteiger partial charge in [-0.3, -0.25) is 0 Å². The van der Waals surface area contributed by atoms with Gasteiger partial charge in [0.1, 0.15) is 0 Å². The molecule has 0 amide bonds. The zero-order valence-corrected chi connectivity index (χ0v) is 5.90. The van der Waals surface area contributed by atoms with Gasteiger partial charge in [-0.05, 0) is 12.2 Å². The molecule has 0 aliphatic rings. The van der Waals surface area contributed by atoms with Gasteiger partial charge in [0.2, 0.25) is 0 Å². The summed E-state index contributed by atoms with van der Waals surface area (Å²) in [5.74, 6) is 0.763. The van der Waals surface area contributed by atoms with Crippen LogP contribution in [0.4, 0.5) is 0 Å². The van der Waals surface area contributed by atoms with Gasteiger partial charge in [-0.15, -0.1) is 0 Å². The average molecular weight is 136 g/mol. The Morgan fingerprint density at radius 1 is 1.75 bits per heavy atom. The summed E-state index contributed by atoms with van der Waals surface area (Å²) in [6.07, 6.45) is 0.795. The number of methoxy groups -OCH3 is 1. The molecule has 0 fully saturated rings. The second kappa shape index (κ2) is 5.41. The lowest BCUT2D eigenvalue weighted by atomic mass is 10.3. The van der Waals surface area contributed by atoms with Gasteiger partial charge in [-0.2, -0.15) is 12.6 Å². The van der Waals surface area contributed by atoms with Gasteiger partial charge < -0.3 is 9.84 Å². The third-order valence-electron chi connectivity index (χ3n) is 0.988. The highest BCUT2D eigenvalue weighted by atomic mass is 32.1. The minimum atomic E-state index is -0.0208. The highest BCUT2D eigenvalue weighted by molar-refractivity contribution is 7.80. The highest BCUT2D eigenvalue weighted by Crippen LogP contribution is 1.95. The summed E-state index contributed by atoms with van der Waals surface area (Å²) in [6.45, 7) is 0.0943. The van der Waals surface area contributed by atoms with Crippen LogP contribution in [0.3, 0.4) is 0 Å². The standard InChI is InChI=1S/C5H12O2S/c1-7-5(4-6)2-3-8/h5-6,8H,2-4H2,1H3. The molecule has 0 bridgehead atoms. The Hall–Kier alpha value is 0.270. The molecule has 3 heteroatoms. The minimum Gasteiger partial charge on any atom is -0.394 e. The van der Waals surface area contributed by atoms with E-state index in [4.69, 9.17) is 9.84 Å². The number of hydrogen-bond donors (Lipinski definition) is 2. The number of aliphatic hydroxyl groups excluding tert-OH is 1. The Balaban J connectivity index is 3.07. The Labute approximate surface area is 55.3 Å². The van der Waals surface area contributed by atoms with Gasteiger partial charge in [0.15, 0.2) is 0 Å². The molecule has 50 valence electrons. The van der Waals surface area contributed by atoms with Crippen molar-refractivity contribution in [3.8, 4) is 0 Å². The van der Waals surface area contributed by atoms with Crippen LogP contribution in [0.5, 0.6) is 0 Å². The molecule has 0 aliphatic heterocycles. The van der Waals surface area contributed by atoms with Crippen LogP contribution in [-0.4, -0.2) is 30.7 Å². The van der Waals surface area contributed by atoms with Crippen molar-refractivity contribution in [2.24, 2.45) is 0 Å². The molecule has 0 aliphatic carbocycles. The molecule has 0 radical (unpaired) electrons. The maximum atomic E-state index is 8.50. The van der Waals surface area contributed by atoms with Crippen molar-refractivity contribution in [1.82, 2.24) is 0 Å². The maximum Gasteiger partial charge on any atom is 0.0809 e. The number of hydrogen-bond acceptors (Lipinski definition) is 3. The summed E-state index contributed by atoms with van der Waals surface area (Å²) in [6, 6.07) is 0. The fraction of sp³-hybridized carbons (Fsp3) is 1.00. The van der Waals surface area contributed by atoms with Crippen LogP contribution >= 0.6 is 12.6 Å². The molecule has 0 saturated carbocycles. The van der Waals surface area contributed by atoms with E-state index in [1.165, 1.54) is 0 Å². The van der Waals surface area contributed by atoms with E-state index in [2.05, 4.69) is 12.6 Å². The van der Waals surface area contributed by atoms with Crippen LogP contribution in [0.1, 0.15) is 6.42 Å². The first-order valence-electron chi connectivity index (χ1n) is 2.59. The van der Waals surface area contributed by atoms with Gasteiger partial charge in [0.25, 0.3) is 0 Å². The van der Waals surface area contributed by atoms with E-state index < -0.39 is 0 Å². The molecule has 0 aromatic heterocycles. The number of aliphatic hydroxyl groups is 1. The smallest absolute Gasteiger partial charge is 0.0809 e. The van der Waals surface area contributed by atoms with Crippen molar-refractivity contribution < 1.29 is 9.84 Å². The predicted octanol–water partition coefficient (Wildman–Crippen LogP) is 0.314. The Morgan fingerprint density at radius 2 is 2.38 bits per heavy atom. The molecule has 0 spiro atoms. The Morgan fingerprint density at radius 3 is 2.50 bits per heavy atom. The summed E-state index contributed by atoms with van der Waals surface area (Å²) in [4.78, 5) is 0. The number of ether oxygens (including phenoxy) is 1. The minimum absolute atomic E-state index is 0.0208. The van der Waals surface area contributed by atoms with Crippen molar-refractivity contribution in [3.05, 3.63) is 0 Å². The highest BCUT2D eigenvalue weighted by Gasteiger charge is 2.01. The third-order valence-corrected chi connectivity index (χ3v) is 1.25. The average Bonchev–Trinajstić information content (AvgIpc) is 1.83. The van der Waals surface area contributed by atoms with Gasteiger partial charge in [-0.25, -0.2) is 0 Å². The van der Waals surface area contributed by atoms with Crippen molar-refractivity contribution in [2.75, 3.05) is 19.5 Å². The van der Waals surface area contributed by atoms with Crippen molar-refractivity contribution in [2.45, 2.75) is 12.5 Å². The second-order valence-electron chi connectivity index (χ2n) is 1.55. The van der Waals surface area contributed by atoms with Crippen molar-refractivity contribution in [3.63, 3.8) is 0 Å². The van der Waals surface area contributed by atoms with Gasteiger partial charge in [0, 0.05) is 7.11 Å². The van der Waals surface area contributed by atoms with Crippen LogP contribution < -0.4 is 0 Å². The largest absolute Gasteiger partial charge is 0.394 e. The van der Waals surface area contributed by atoms with Gasteiger partial charge in [0.05, 0.1) is 12.7 Å². The van der Waals surface area contributed by atoms with Gasteiger partial charge in [-0.1, -0.05) is 0 Å². The third kappa shape index (κ3) is 3.29. The SMILES string of the molecule is COC(CO)CCS. The van der Waals surface area contributed by atoms with E-state index >= 15 is 0 Å². The normalized spacial score (nSPS) is 13.9. The predicted molar refractivity (Wildman–Crippen MR) is 36.4 cm³/mol. The fourth-order valence-corrected chi connectivity index (χ4v) is 0.716. The van der Waals surface area contributed by atoms with Crippen LogP contribution in [0.15, 0.2) is 0 Å². The van der Waals surface area contributed by atoms with E-state index in [-0.39, 0.29) is 12.7 Å². The van der Waals surface area contributed by atoms with E-state index in [0.717, 1.165) is 12.2 Å². The molecule has 0 saturated heterocycles. The van der Waals surface area contributed by atoms with Crippen LogP contribution in [0.25, 0.3) is 0 Å². The van der Waals surface area contributed by atoms with Crippen molar-refractivity contribution >= 4 is 12.6 Å². The lowest BCUT2D eigenvalue weighted by Gasteiger charge is -2.08. The summed E-state index contributed by atoms with van der Waals surface area (Å²) >= 11 is 3.98. The van der Waals surface area contributed by atoms with Gasteiger partial charge >= 0.3 is 0 Å². The van der Waals surface area contributed by atoms with Crippen LogP contribution in [-0.2, 0) is 4.74 Å². The topological polar surface area (TPSA) is 29.5 Å². The number of thiol groups is 1. The van der Waals surface area contributed by atoms with Crippen LogP contribution in [0, 0.1) is 0 Å². The molecule has 1 N–H and O–H groups in total. The molecule has 0 heterocycles. The summed E-state index contributed by atoms with van der Waals surface area (Å²) in [7, 11) is 1.59. The first-order chi connectivity index (χ1) is 3.85. The first kappa shape index (κ1) is 8.27. The first-order valence-corrected chi connectivity index (χ1v) is 3.23. The lowest BCUT2D eigenvalue weighted by molar-refractivity contribution is 0.0475. The van der Waals surface area contributed by atoms with E-state index in [9.17, 15) is 0 Å². The Kier molecular flexibility index (Phi) is 5.59. The molecule has 2 nitrogen and oxygen atoms in total.